The van der Waals surface area contributed by atoms with Crippen LogP contribution in [0.3, 0.4) is 0 Å². The molecule has 3 N–H and O–H groups in total. The van der Waals surface area contributed by atoms with Crippen LogP contribution in [0, 0.1) is 6.92 Å². The normalized spacial score (nSPS) is 10.0. The van der Waals surface area contributed by atoms with Crippen LogP contribution >= 0.6 is 12.2 Å². The zero-order valence-electron chi connectivity index (χ0n) is 18.6. The maximum absolute atomic E-state index is 12.6. The lowest BCUT2D eigenvalue weighted by atomic mass is 10.2. The number of hydrazine groups is 1. The van der Waals surface area contributed by atoms with E-state index in [1.165, 1.54) is 0 Å². The highest BCUT2D eigenvalue weighted by molar-refractivity contribution is 7.80. The molecule has 0 fully saturated rings. The molecule has 34 heavy (non-hydrogen) atoms. The Morgan fingerprint density at radius 2 is 1.41 bits per heavy atom. The van der Waals surface area contributed by atoms with Crippen LogP contribution in [0.15, 0.2) is 78.9 Å². The Morgan fingerprint density at radius 3 is 2.18 bits per heavy atom. The van der Waals surface area contributed by atoms with E-state index in [-0.39, 0.29) is 18.3 Å². The number of aryl methyl sites for hydroxylation is 1. The highest BCUT2D eigenvalue weighted by atomic mass is 32.1. The number of nitrogens with one attached hydrogen (secondary N) is 3. The molecule has 3 rings (SSSR count). The van der Waals surface area contributed by atoms with Crippen LogP contribution in [0.2, 0.25) is 0 Å². The third-order valence-electron chi connectivity index (χ3n) is 4.48. The van der Waals surface area contributed by atoms with E-state index in [1.807, 2.05) is 55.5 Å². The highest BCUT2D eigenvalue weighted by Gasteiger charge is 2.14. The van der Waals surface area contributed by atoms with Crippen LogP contribution < -0.4 is 30.4 Å². The number of rotatable bonds is 9. The summed E-state index contributed by atoms with van der Waals surface area (Å²) in [7, 11) is 0. The first-order valence-electron chi connectivity index (χ1n) is 10.5. The van der Waals surface area contributed by atoms with Crippen LogP contribution in [0.1, 0.15) is 15.9 Å². The molecule has 0 heterocycles. The molecular formula is C25H25N3O5S. The molecule has 0 aromatic heterocycles. The SMILES string of the molecule is Cc1ccccc1OCC(=O)NNC(=S)NC(=O)c1ccccc1OCCOc1ccccc1. The number of hydrogen-bond acceptors (Lipinski definition) is 6. The van der Waals surface area contributed by atoms with Crippen molar-refractivity contribution in [2.45, 2.75) is 6.92 Å². The van der Waals surface area contributed by atoms with Gasteiger partial charge in [0.1, 0.15) is 30.5 Å². The molecule has 0 saturated carbocycles. The quantitative estimate of drug-likeness (QED) is 0.246. The predicted octanol–water partition coefficient (Wildman–Crippen LogP) is 3.17. The Kier molecular flexibility index (Phi) is 9.24. The van der Waals surface area contributed by atoms with Gasteiger partial charge in [0.2, 0.25) is 0 Å². The largest absolute Gasteiger partial charge is 0.490 e. The fraction of sp³-hybridized carbons (Fsp3) is 0.160. The summed E-state index contributed by atoms with van der Waals surface area (Å²) in [6, 6.07) is 23.5. The van der Waals surface area contributed by atoms with Crippen LogP contribution in [0.4, 0.5) is 0 Å². The van der Waals surface area contributed by atoms with E-state index in [1.54, 1.807) is 30.3 Å². The summed E-state index contributed by atoms with van der Waals surface area (Å²) in [4.78, 5) is 24.6. The van der Waals surface area contributed by atoms with Gasteiger partial charge in [0.05, 0.1) is 5.56 Å². The molecule has 0 radical (unpaired) electrons. The molecule has 3 aromatic rings. The Balaban J connectivity index is 1.42. The van der Waals surface area contributed by atoms with Crippen molar-refractivity contribution in [2.24, 2.45) is 0 Å². The van der Waals surface area contributed by atoms with Crippen LogP contribution in [0.25, 0.3) is 0 Å². The number of amides is 2. The van der Waals surface area contributed by atoms with Crippen LogP contribution in [0.5, 0.6) is 17.2 Å². The molecule has 0 saturated heterocycles. The molecule has 3 aromatic carbocycles. The van der Waals surface area contributed by atoms with E-state index < -0.39 is 11.8 Å². The zero-order chi connectivity index (χ0) is 24.2. The molecule has 0 spiro atoms. The number of thiocarbonyl (C=S) groups is 1. The molecule has 0 aliphatic heterocycles. The summed E-state index contributed by atoms with van der Waals surface area (Å²) in [5.41, 5.74) is 6.07. The van der Waals surface area contributed by atoms with Crippen LogP contribution in [-0.2, 0) is 4.79 Å². The number of ether oxygens (including phenoxy) is 3. The van der Waals surface area contributed by atoms with Gasteiger partial charge in [0.15, 0.2) is 11.7 Å². The van der Waals surface area contributed by atoms with Crippen LogP contribution in [-0.4, -0.2) is 36.7 Å². The van der Waals surface area contributed by atoms with E-state index in [0.29, 0.717) is 23.7 Å². The summed E-state index contributed by atoms with van der Waals surface area (Å²) in [5.74, 6) is 0.791. The zero-order valence-corrected chi connectivity index (χ0v) is 19.4. The Labute approximate surface area is 203 Å². The molecule has 0 aliphatic carbocycles. The standard InChI is InChI=1S/C25H25N3O5S/c1-18-9-5-7-13-21(18)33-17-23(29)27-28-25(34)26-24(30)20-12-6-8-14-22(20)32-16-15-31-19-10-3-2-4-11-19/h2-14H,15-17H2,1H3,(H,27,29)(H2,26,28,30,34). The average Bonchev–Trinajstić information content (AvgIpc) is 2.85. The van der Waals surface area contributed by atoms with Crippen molar-refractivity contribution in [3.63, 3.8) is 0 Å². The van der Waals surface area contributed by atoms with Crippen molar-refractivity contribution in [2.75, 3.05) is 19.8 Å². The molecule has 0 atom stereocenters. The number of carbonyl (C=O) groups is 2. The van der Waals surface area contributed by atoms with Gasteiger partial charge in [0, 0.05) is 0 Å². The molecule has 8 nitrogen and oxygen atoms in total. The van der Waals surface area contributed by atoms with E-state index in [4.69, 9.17) is 26.4 Å². The van der Waals surface area contributed by atoms with E-state index >= 15 is 0 Å². The molecule has 9 heteroatoms. The fourth-order valence-corrected chi connectivity index (χ4v) is 2.98. The molecule has 0 unspecified atom stereocenters. The molecule has 0 bridgehead atoms. The first-order valence-corrected chi connectivity index (χ1v) is 10.9. The van der Waals surface area contributed by atoms with Crippen molar-refractivity contribution in [1.82, 2.24) is 16.2 Å². The third kappa shape index (κ3) is 7.79. The van der Waals surface area contributed by atoms with Gasteiger partial charge in [-0.2, -0.15) is 0 Å². The topological polar surface area (TPSA) is 97.9 Å². The first kappa shape index (κ1) is 24.5. The van der Waals surface area contributed by atoms with E-state index in [0.717, 1.165) is 11.3 Å². The van der Waals surface area contributed by atoms with Crippen molar-refractivity contribution >= 4 is 29.1 Å². The summed E-state index contributed by atoms with van der Waals surface area (Å²) >= 11 is 5.09. The minimum absolute atomic E-state index is 0.0727. The molecule has 176 valence electrons. The highest BCUT2D eigenvalue weighted by Crippen LogP contribution is 2.18. The Bertz CT molecular complexity index is 1120. The van der Waals surface area contributed by atoms with Crippen molar-refractivity contribution in [1.29, 1.82) is 0 Å². The second kappa shape index (κ2) is 12.8. The second-order valence-electron chi connectivity index (χ2n) is 7.02. The molecular weight excluding hydrogens is 454 g/mol. The fourth-order valence-electron chi connectivity index (χ4n) is 2.83. The van der Waals surface area contributed by atoms with Gasteiger partial charge in [-0.15, -0.1) is 0 Å². The smallest absolute Gasteiger partial charge is 0.276 e. The lowest BCUT2D eigenvalue weighted by molar-refractivity contribution is -0.123. The van der Waals surface area contributed by atoms with Gasteiger partial charge in [0.25, 0.3) is 11.8 Å². The number of para-hydroxylation sites is 3. The lowest BCUT2D eigenvalue weighted by Gasteiger charge is -2.14. The third-order valence-corrected chi connectivity index (χ3v) is 4.68. The van der Waals surface area contributed by atoms with Gasteiger partial charge in [-0.05, 0) is 55.0 Å². The van der Waals surface area contributed by atoms with Crippen molar-refractivity contribution in [3.8, 4) is 17.2 Å². The predicted molar refractivity (Wildman–Crippen MR) is 132 cm³/mol. The lowest BCUT2D eigenvalue weighted by Crippen LogP contribution is -2.49. The summed E-state index contributed by atoms with van der Waals surface area (Å²) in [6.07, 6.45) is 0. The maximum atomic E-state index is 12.6. The Morgan fingerprint density at radius 1 is 0.765 bits per heavy atom. The van der Waals surface area contributed by atoms with Gasteiger partial charge in [-0.25, -0.2) is 0 Å². The van der Waals surface area contributed by atoms with Gasteiger partial charge >= 0.3 is 0 Å². The first-order chi connectivity index (χ1) is 16.5. The number of hydrogen-bond donors (Lipinski definition) is 3. The average molecular weight is 480 g/mol. The van der Waals surface area contributed by atoms with Crippen molar-refractivity contribution < 1.29 is 23.8 Å². The van der Waals surface area contributed by atoms with Gasteiger partial charge < -0.3 is 14.2 Å². The molecule has 2 amide bonds. The van der Waals surface area contributed by atoms with E-state index in [2.05, 4.69) is 16.2 Å². The Hall–Kier alpha value is -4.11. The number of benzene rings is 3. The summed E-state index contributed by atoms with van der Waals surface area (Å²) in [5, 5.41) is 2.43. The summed E-state index contributed by atoms with van der Waals surface area (Å²) < 4.78 is 16.8. The van der Waals surface area contributed by atoms with Crippen molar-refractivity contribution in [3.05, 3.63) is 90.0 Å². The maximum Gasteiger partial charge on any atom is 0.276 e. The van der Waals surface area contributed by atoms with E-state index in [9.17, 15) is 9.59 Å². The second-order valence-corrected chi connectivity index (χ2v) is 7.42. The number of carbonyl (C=O) groups excluding carboxylic acids is 2. The summed E-state index contributed by atoms with van der Waals surface area (Å²) in [6.45, 7) is 2.24. The monoisotopic (exact) mass is 479 g/mol. The molecule has 0 aliphatic rings. The van der Waals surface area contributed by atoms with Gasteiger partial charge in [-0.3, -0.25) is 25.8 Å². The minimum Gasteiger partial charge on any atom is -0.490 e. The van der Waals surface area contributed by atoms with Gasteiger partial charge in [-0.1, -0.05) is 48.5 Å². The minimum atomic E-state index is -0.484.